The molecule has 0 spiro atoms. The number of para-hydroxylation sites is 4. The average molecular weight is 943 g/mol. The first kappa shape index (κ1) is 44.1. The van der Waals surface area contributed by atoms with E-state index in [0.717, 1.165) is 93.9 Å². The molecule has 2 aromatic heterocycles. The van der Waals surface area contributed by atoms with Crippen molar-refractivity contribution < 1.29 is 8.83 Å². The minimum atomic E-state index is -0.0897. The van der Waals surface area contributed by atoms with E-state index in [1.807, 2.05) is 0 Å². The molecule has 0 saturated carbocycles. The Bertz CT molecular complexity index is 4230. The zero-order chi connectivity index (χ0) is 49.4. The number of furan rings is 2. The van der Waals surface area contributed by atoms with E-state index >= 15 is 0 Å². The van der Waals surface area contributed by atoms with Gasteiger partial charge >= 0.3 is 0 Å². The molecule has 0 unspecified atom stereocenters. The Morgan fingerprint density at radius 2 is 0.753 bits per heavy atom. The predicted molar refractivity (Wildman–Crippen MR) is 309 cm³/mol. The third kappa shape index (κ3) is 7.69. The molecular formula is C69H54N2O2. The van der Waals surface area contributed by atoms with Gasteiger partial charge in [0.15, 0.2) is 0 Å². The van der Waals surface area contributed by atoms with Crippen molar-refractivity contribution in [1.29, 1.82) is 0 Å². The summed E-state index contributed by atoms with van der Waals surface area (Å²) in [5, 5.41) is 8.82. The summed E-state index contributed by atoms with van der Waals surface area (Å²) in [6.45, 7) is 11.4. The van der Waals surface area contributed by atoms with Crippen molar-refractivity contribution >= 4 is 99.5 Å². The van der Waals surface area contributed by atoms with Crippen LogP contribution in [0.15, 0.2) is 239 Å². The molecule has 4 heteroatoms. The van der Waals surface area contributed by atoms with Gasteiger partial charge in [0.05, 0.1) is 11.4 Å². The molecular weight excluding hydrogens is 889 g/mol. The van der Waals surface area contributed by atoms with Crippen LogP contribution in [0.3, 0.4) is 0 Å². The molecule has 0 aliphatic heterocycles. The second kappa shape index (κ2) is 17.5. The first-order valence-electron chi connectivity index (χ1n) is 25.4. The molecule has 0 bridgehead atoms. The Morgan fingerprint density at radius 3 is 1.26 bits per heavy atom. The topological polar surface area (TPSA) is 32.8 Å². The van der Waals surface area contributed by atoms with Gasteiger partial charge in [-0.1, -0.05) is 180 Å². The van der Waals surface area contributed by atoms with E-state index < -0.39 is 0 Å². The fourth-order valence-corrected chi connectivity index (χ4v) is 11.1. The van der Waals surface area contributed by atoms with Crippen LogP contribution in [0.2, 0.25) is 0 Å². The Hall–Kier alpha value is -8.86. The Morgan fingerprint density at radius 1 is 0.342 bits per heavy atom. The van der Waals surface area contributed by atoms with Crippen molar-refractivity contribution in [2.75, 3.05) is 9.80 Å². The molecule has 0 N–H and O–H groups in total. The van der Waals surface area contributed by atoms with Gasteiger partial charge in [-0.05, 0) is 134 Å². The first-order chi connectivity index (χ1) is 35.6. The maximum Gasteiger partial charge on any atom is 0.139 e. The molecule has 352 valence electrons. The number of fused-ring (bicyclic) bond motifs is 8. The molecule has 0 amide bonds. The van der Waals surface area contributed by atoms with Gasteiger partial charge in [-0.25, -0.2) is 0 Å². The van der Waals surface area contributed by atoms with Crippen molar-refractivity contribution in [3.63, 3.8) is 0 Å². The van der Waals surface area contributed by atoms with Gasteiger partial charge in [0, 0.05) is 61.5 Å². The van der Waals surface area contributed by atoms with Gasteiger partial charge in [-0.15, -0.1) is 0 Å². The molecule has 4 nitrogen and oxygen atoms in total. The largest absolute Gasteiger partial charge is 0.456 e. The number of rotatable bonds is 9. The Kier molecular flexibility index (Phi) is 10.6. The summed E-state index contributed by atoms with van der Waals surface area (Å²) in [4.78, 5) is 4.86. The van der Waals surface area contributed by atoms with Gasteiger partial charge in [-0.3, -0.25) is 0 Å². The summed E-state index contributed by atoms with van der Waals surface area (Å²) in [6, 6.07) is 83.4. The second-order valence-corrected chi connectivity index (χ2v) is 20.7. The van der Waals surface area contributed by atoms with E-state index in [9.17, 15) is 0 Å². The summed E-state index contributed by atoms with van der Waals surface area (Å²) in [5.74, 6) is 0.328. The van der Waals surface area contributed by atoms with Crippen LogP contribution in [0.5, 0.6) is 0 Å². The molecule has 0 radical (unpaired) electrons. The van der Waals surface area contributed by atoms with Gasteiger partial charge in [0.2, 0.25) is 0 Å². The van der Waals surface area contributed by atoms with Crippen LogP contribution in [0.25, 0.3) is 87.7 Å². The maximum absolute atomic E-state index is 6.77. The summed E-state index contributed by atoms with van der Waals surface area (Å²) in [5.41, 5.74) is 17.2. The Balaban J connectivity index is 0.919. The van der Waals surface area contributed by atoms with E-state index in [4.69, 9.17) is 8.83 Å². The monoisotopic (exact) mass is 942 g/mol. The van der Waals surface area contributed by atoms with E-state index in [-0.39, 0.29) is 5.41 Å². The number of benzene rings is 11. The molecule has 0 aliphatic carbocycles. The Labute approximate surface area is 426 Å². The minimum absolute atomic E-state index is 0.0897. The highest BCUT2D eigenvalue weighted by Gasteiger charge is 2.26. The van der Waals surface area contributed by atoms with E-state index in [2.05, 4.69) is 275 Å². The number of hydrogen-bond acceptors (Lipinski definition) is 4. The van der Waals surface area contributed by atoms with Crippen LogP contribution >= 0.6 is 0 Å². The molecule has 13 rings (SSSR count). The summed E-state index contributed by atoms with van der Waals surface area (Å²) >= 11 is 0. The van der Waals surface area contributed by atoms with E-state index in [1.54, 1.807) is 0 Å². The maximum atomic E-state index is 6.77. The van der Waals surface area contributed by atoms with Gasteiger partial charge in [0.1, 0.15) is 22.3 Å². The van der Waals surface area contributed by atoms with Crippen LogP contribution < -0.4 is 9.80 Å². The fourth-order valence-electron chi connectivity index (χ4n) is 11.1. The van der Waals surface area contributed by atoms with Crippen LogP contribution in [0.1, 0.15) is 51.7 Å². The third-order valence-electron chi connectivity index (χ3n) is 14.7. The molecule has 2 heterocycles. The summed E-state index contributed by atoms with van der Waals surface area (Å²) in [7, 11) is 0. The van der Waals surface area contributed by atoms with Crippen molar-refractivity contribution in [2.45, 2.75) is 46.0 Å². The van der Waals surface area contributed by atoms with E-state index in [0.29, 0.717) is 5.92 Å². The zero-order valence-corrected chi connectivity index (χ0v) is 41.7. The number of nitrogens with zero attached hydrogens (tertiary/aromatic N) is 2. The molecule has 0 saturated heterocycles. The van der Waals surface area contributed by atoms with Crippen molar-refractivity contribution in [3.8, 4) is 22.3 Å². The normalized spacial score (nSPS) is 12.0. The van der Waals surface area contributed by atoms with Crippen LogP contribution in [-0.4, -0.2) is 0 Å². The van der Waals surface area contributed by atoms with Crippen molar-refractivity contribution in [1.82, 2.24) is 0 Å². The predicted octanol–water partition coefficient (Wildman–Crippen LogP) is 20.5. The van der Waals surface area contributed by atoms with Crippen LogP contribution in [0, 0.1) is 0 Å². The smallest absolute Gasteiger partial charge is 0.139 e. The first-order valence-corrected chi connectivity index (χ1v) is 25.4. The molecule has 0 fully saturated rings. The molecule has 11 aromatic carbocycles. The quantitative estimate of drug-likeness (QED) is 0.144. The van der Waals surface area contributed by atoms with Crippen LogP contribution in [0.4, 0.5) is 34.1 Å². The molecule has 13 aromatic rings. The van der Waals surface area contributed by atoms with Crippen molar-refractivity contribution in [3.05, 3.63) is 242 Å². The van der Waals surface area contributed by atoms with Gasteiger partial charge in [-0.2, -0.15) is 0 Å². The number of hydrogen-bond donors (Lipinski definition) is 0. The van der Waals surface area contributed by atoms with Crippen LogP contribution in [-0.2, 0) is 5.41 Å². The summed E-state index contributed by atoms with van der Waals surface area (Å²) < 4.78 is 13.5. The standard InChI is InChI=1S/C69H54N2O2/c1-44(2)53-24-12-16-28-61(53)70(62-29-17-13-25-54(62)45-20-8-6-9-21-45)51-34-32-47-38-56-58-42-59-57-39-48-33-35-52(37-50(48)41-66(57)73-68(59)43-67(58)72-65(56)40-49(47)36-51)71(64-31-19-15-27-60(64)69(3,4)5)63-30-18-14-26-55(63)46-22-10-7-11-23-46/h6-44H,1-5H3. The lowest BCUT2D eigenvalue weighted by Gasteiger charge is -2.33. The molecule has 73 heavy (non-hydrogen) atoms. The van der Waals surface area contributed by atoms with Gasteiger partial charge < -0.3 is 18.6 Å². The zero-order valence-electron chi connectivity index (χ0n) is 41.7. The third-order valence-corrected chi connectivity index (χ3v) is 14.7. The average Bonchev–Trinajstić information content (AvgIpc) is 3.95. The van der Waals surface area contributed by atoms with E-state index in [1.165, 1.54) is 39.1 Å². The lowest BCUT2D eigenvalue weighted by atomic mass is 9.85. The van der Waals surface area contributed by atoms with Crippen molar-refractivity contribution in [2.24, 2.45) is 0 Å². The highest BCUT2D eigenvalue weighted by Crippen LogP contribution is 2.48. The SMILES string of the molecule is CC(C)c1ccccc1N(c1ccc2cc3c(cc2c1)oc1cc2oc4cc5cc(N(c6ccccc6-c6ccccc6)c6ccccc6C(C)(C)C)ccc5cc4c2cc13)c1ccccc1-c1ccccc1. The minimum Gasteiger partial charge on any atom is -0.456 e. The fraction of sp³-hybridized carbons (Fsp3) is 0.101. The highest BCUT2D eigenvalue weighted by molar-refractivity contribution is 6.18. The number of anilines is 6. The molecule has 0 aliphatic rings. The lowest BCUT2D eigenvalue weighted by Crippen LogP contribution is -2.19. The molecule has 0 atom stereocenters. The lowest BCUT2D eigenvalue weighted by molar-refractivity contribution is 0.591. The second-order valence-electron chi connectivity index (χ2n) is 20.7. The van der Waals surface area contributed by atoms with Gasteiger partial charge in [0.25, 0.3) is 0 Å². The summed E-state index contributed by atoms with van der Waals surface area (Å²) in [6.07, 6.45) is 0. The highest BCUT2D eigenvalue weighted by atomic mass is 16.3.